The van der Waals surface area contributed by atoms with Crippen LogP contribution < -0.4 is 4.74 Å². The number of imidazole rings is 1. The first kappa shape index (κ1) is 14.7. The van der Waals surface area contributed by atoms with Crippen molar-refractivity contribution in [2.75, 3.05) is 7.11 Å². The average Bonchev–Trinajstić information content (AvgIpc) is 2.86. The third-order valence-electron chi connectivity index (χ3n) is 2.99. The Bertz CT molecular complexity index is 613. The van der Waals surface area contributed by atoms with Gasteiger partial charge in [0.1, 0.15) is 17.4 Å². The molecule has 0 fully saturated rings. The summed E-state index contributed by atoms with van der Waals surface area (Å²) in [4.78, 5) is 4.19. The van der Waals surface area contributed by atoms with E-state index in [-0.39, 0.29) is 11.6 Å². The minimum atomic E-state index is -1.16. The van der Waals surface area contributed by atoms with Crippen LogP contribution in [0.2, 0.25) is 0 Å². The molecule has 0 saturated carbocycles. The van der Waals surface area contributed by atoms with E-state index < -0.39 is 10.8 Å². The summed E-state index contributed by atoms with van der Waals surface area (Å²) in [5, 5.41) is 0. The number of nitrogens with zero attached hydrogens (tertiary/aromatic N) is 2. The Labute approximate surface area is 120 Å². The van der Waals surface area contributed by atoms with Gasteiger partial charge in [-0.3, -0.25) is 4.21 Å². The predicted molar refractivity (Wildman–Crippen MR) is 76.4 cm³/mol. The lowest BCUT2D eigenvalue weighted by molar-refractivity contribution is 0.410. The predicted octanol–water partition coefficient (Wildman–Crippen LogP) is 2.50. The molecule has 0 amide bonds. The molecule has 0 aliphatic rings. The molecule has 1 aromatic heterocycles. The number of hydrogen-bond donors (Lipinski definition) is 0. The fourth-order valence-corrected chi connectivity index (χ4v) is 3.20. The monoisotopic (exact) mass is 296 g/mol. The van der Waals surface area contributed by atoms with E-state index in [2.05, 4.69) is 4.98 Å². The number of hydrogen-bond acceptors (Lipinski definition) is 3. The second-order valence-corrected chi connectivity index (χ2v) is 5.77. The molecule has 108 valence electrons. The zero-order chi connectivity index (χ0) is 14.5. The fourth-order valence-electron chi connectivity index (χ4n) is 2.00. The van der Waals surface area contributed by atoms with Gasteiger partial charge in [-0.15, -0.1) is 0 Å². The number of methoxy groups -OCH3 is 1. The van der Waals surface area contributed by atoms with Crippen molar-refractivity contribution in [1.82, 2.24) is 9.55 Å². The van der Waals surface area contributed by atoms with Gasteiger partial charge < -0.3 is 9.30 Å². The largest absolute Gasteiger partial charge is 0.496 e. The second kappa shape index (κ2) is 6.65. The molecule has 4 nitrogen and oxygen atoms in total. The second-order valence-electron chi connectivity index (χ2n) is 4.31. The van der Waals surface area contributed by atoms with Crippen molar-refractivity contribution in [2.24, 2.45) is 0 Å². The highest BCUT2D eigenvalue weighted by atomic mass is 32.2. The van der Waals surface area contributed by atoms with Crippen LogP contribution in [0.1, 0.15) is 18.3 Å². The van der Waals surface area contributed by atoms with Crippen LogP contribution in [0.25, 0.3) is 0 Å². The topological polar surface area (TPSA) is 44.1 Å². The summed E-state index contributed by atoms with van der Waals surface area (Å²) >= 11 is 0. The molecular formula is C14H17FN2O2S. The minimum Gasteiger partial charge on any atom is -0.496 e. The summed E-state index contributed by atoms with van der Waals surface area (Å²) in [5.41, 5.74) is 0.612. The van der Waals surface area contributed by atoms with Gasteiger partial charge in [-0.1, -0.05) is 0 Å². The smallest absolute Gasteiger partial charge is 0.123 e. The van der Waals surface area contributed by atoms with Gasteiger partial charge in [0.25, 0.3) is 0 Å². The Morgan fingerprint density at radius 2 is 2.20 bits per heavy atom. The number of rotatable bonds is 6. The van der Waals surface area contributed by atoms with Gasteiger partial charge in [-0.05, 0) is 25.1 Å². The van der Waals surface area contributed by atoms with Crippen LogP contribution in [0.15, 0.2) is 30.6 Å². The van der Waals surface area contributed by atoms with Crippen molar-refractivity contribution in [2.45, 2.75) is 25.0 Å². The molecule has 0 N–H and O–H groups in total. The maximum Gasteiger partial charge on any atom is 0.123 e. The molecule has 6 heteroatoms. The van der Waals surface area contributed by atoms with Crippen molar-refractivity contribution in [1.29, 1.82) is 0 Å². The number of aromatic nitrogens is 2. The summed E-state index contributed by atoms with van der Waals surface area (Å²) in [5.74, 6) is 1.57. The van der Waals surface area contributed by atoms with Gasteiger partial charge in [0.2, 0.25) is 0 Å². The normalized spacial score (nSPS) is 12.3. The van der Waals surface area contributed by atoms with E-state index in [0.717, 1.165) is 12.4 Å². The van der Waals surface area contributed by atoms with E-state index in [1.807, 2.05) is 17.7 Å². The molecule has 0 saturated heterocycles. The molecule has 0 radical (unpaired) electrons. The van der Waals surface area contributed by atoms with Gasteiger partial charge in [0, 0.05) is 35.3 Å². The van der Waals surface area contributed by atoms with Crippen molar-refractivity contribution in [3.05, 3.63) is 47.8 Å². The number of benzene rings is 1. The van der Waals surface area contributed by atoms with E-state index in [4.69, 9.17) is 4.74 Å². The highest BCUT2D eigenvalue weighted by Gasteiger charge is 2.12. The molecule has 0 unspecified atom stereocenters. The van der Waals surface area contributed by atoms with Crippen molar-refractivity contribution >= 4 is 10.8 Å². The van der Waals surface area contributed by atoms with Gasteiger partial charge in [0.05, 0.1) is 18.6 Å². The molecule has 1 atom stereocenters. The average molecular weight is 296 g/mol. The van der Waals surface area contributed by atoms with Crippen molar-refractivity contribution in [3.8, 4) is 5.75 Å². The summed E-state index contributed by atoms with van der Waals surface area (Å²) in [6.45, 7) is 2.79. The van der Waals surface area contributed by atoms with Crippen LogP contribution in [-0.4, -0.2) is 20.9 Å². The van der Waals surface area contributed by atoms with Crippen molar-refractivity contribution in [3.63, 3.8) is 0 Å². The van der Waals surface area contributed by atoms with Crippen LogP contribution in [0.3, 0.4) is 0 Å². The van der Waals surface area contributed by atoms with E-state index in [9.17, 15) is 8.60 Å². The molecule has 2 rings (SSSR count). The van der Waals surface area contributed by atoms with Crippen LogP contribution in [0, 0.1) is 5.82 Å². The maximum absolute atomic E-state index is 13.3. The standard InChI is InChI=1S/C14H17FN2O2S/c1-3-17-7-6-16-14(17)10-20(18)9-11-8-12(15)4-5-13(11)19-2/h4-8H,3,9-10H2,1-2H3/t20-/m0/s1. The lowest BCUT2D eigenvalue weighted by atomic mass is 10.2. The molecule has 0 aliphatic heterocycles. The van der Waals surface area contributed by atoms with Crippen molar-refractivity contribution < 1.29 is 13.3 Å². The minimum absolute atomic E-state index is 0.248. The Hall–Kier alpha value is -1.69. The third-order valence-corrected chi connectivity index (χ3v) is 4.20. The molecule has 0 spiro atoms. The van der Waals surface area contributed by atoms with Crippen LogP contribution in [-0.2, 0) is 28.9 Å². The van der Waals surface area contributed by atoms with Gasteiger partial charge in [-0.2, -0.15) is 0 Å². The fraction of sp³-hybridized carbons (Fsp3) is 0.357. The van der Waals surface area contributed by atoms with E-state index in [0.29, 0.717) is 17.1 Å². The van der Waals surface area contributed by atoms with Crippen LogP contribution in [0.4, 0.5) is 4.39 Å². The SMILES string of the molecule is CCn1ccnc1C[S@@](=O)Cc1cc(F)ccc1OC. The molecule has 20 heavy (non-hydrogen) atoms. The van der Waals surface area contributed by atoms with Gasteiger partial charge in [0.15, 0.2) is 0 Å². The Kier molecular flexibility index (Phi) is 4.89. The van der Waals surface area contributed by atoms with Crippen LogP contribution >= 0.6 is 0 Å². The number of halogens is 1. The molecule has 0 bridgehead atoms. The maximum atomic E-state index is 13.3. The first-order chi connectivity index (χ1) is 9.63. The highest BCUT2D eigenvalue weighted by Crippen LogP contribution is 2.21. The number of aryl methyl sites for hydroxylation is 1. The first-order valence-electron chi connectivity index (χ1n) is 6.31. The Balaban J connectivity index is 2.10. The molecule has 1 heterocycles. The lowest BCUT2D eigenvalue weighted by Gasteiger charge is -2.09. The summed E-state index contributed by atoms with van der Waals surface area (Å²) in [6, 6.07) is 4.24. The zero-order valence-electron chi connectivity index (χ0n) is 11.5. The highest BCUT2D eigenvalue weighted by molar-refractivity contribution is 7.83. The molecular weight excluding hydrogens is 279 g/mol. The first-order valence-corrected chi connectivity index (χ1v) is 7.80. The van der Waals surface area contributed by atoms with Crippen LogP contribution in [0.5, 0.6) is 5.75 Å². The molecule has 0 aliphatic carbocycles. The van der Waals surface area contributed by atoms with Gasteiger partial charge >= 0.3 is 0 Å². The molecule has 1 aromatic carbocycles. The lowest BCUT2D eigenvalue weighted by Crippen LogP contribution is -2.07. The Morgan fingerprint density at radius 3 is 2.90 bits per heavy atom. The Morgan fingerprint density at radius 1 is 1.40 bits per heavy atom. The summed E-state index contributed by atoms with van der Waals surface area (Å²) in [6.07, 6.45) is 3.55. The summed E-state index contributed by atoms with van der Waals surface area (Å²) in [7, 11) is 0.355. The zero-order valence-corrected chi connectivity index (χ0v) is 12.3. The van der Waals surface area contributed by atoms with Gasteiger partial charge in [-0.25, -0.2) is 9.37 Å². The van der Waals surface area contributed by atoms with E-state index in [1.165, 1.54) is 19.2 Å². The quantitative estimate of drug-likeness (QED) is 0.822. The number of ether oxygens (including phenoxy) is 1. The van der Waals surface area contributed by atoms with E-state index >= 15 is 0 Å². The van der Waals surface area contributed by atoms with E-state index in [1.54, 1.807) is 12.3 Å². The molecule has 2 aromatic rings. The third kappa shape index (κ3) is 3.45. The summed E-state index contributed by atoms with van der Waals surface area (Å²) < 4.78 is 32.6.